The van der Waals surface area contributed by atoms with Crippen molar-refractivity contribution in [2.45, 2.75) is 11.8 Å². The lowest BCUT2D eigenvalue weighted by atomic mass is 10.3. The largest absolute Gasteiger partial charge is 0.329 e. The monoisotopic (exact) mass is 264 g/mol. The maximum Gasteiger partial charge on any atom is 0.246 e. The molecule has 0 atom stereocenters. The number of rotatable bonds is 5. The topological polar surface area (TPSA) is 63.4 Å². The smallest absolute Gasteiger partial charge is 0.246 e. The molecule has 17 heavy (non-hydrogen) atoms. The summed E-state index contributed by atoms with van der Waals surface area (Å²) in [6.45, 7) is 1.93. The van der Waals surface area contributed by atoms with Gasteiger partial charge in [0.25, 0.3) is 0 Å². The van der Waals surface area contributed by atoms with Crippen molar-refractivity contribution in [2.75, 3.05) is 19.6 Å². The van der Waals surface area contributed by atoms with E-state index < -0.39 is 26.6 Å². The number of nitrogens with zero attached hydrogens (tertiary/aromatic N) is 1. The van der Waals surface area contributed by atoms with Crippen molar-refractivity contribution in [3.63, 3.8) is 0 Å². The summed E-state index contributed by atoms with van der Waals surface area (Å²) in [7, 11) is -4.03. The fourth-order valence-electron chi connectivity index (χ4n) is 1.41. The zero-order valence-corrected chi connectivity index (χ0v) is 10.2. The van der Waals surface area contributed by atoms with Crippen LogP contribution in [0.3, 0.4) is 0 Å². The maximum atomic E-state index is 13.4. The normalized spacial score (nSPS) is 12.1. The van der Waals surface area contributed by atoms with Gasteiger partial charge in [0.15, 0.2) is 0 Å². The molecule has 7 heteroatoms. The molecular formula is C10H14F2N2O2S. The van der Waals surface area contributed by atoms with E-state index >= 15 is 0 Å². The van der Waals surface area contributed by atoms with Crippen LogP contribution in [-0.2, 0) is 10.0 Å². The first-order valence-electron chi connectivity index (χ1n) is 5.08. The molecule has 0 saturated heterocycles. The minimum Gasteiger partial charge on any atom is -0.329 e. The first kappa shape index (κ1) is 14.0. The molecule has 1 rings (SSSR count). The Balaban J connectivity index is 3.24. The van der Waals surface area contributed by atoms with Gasteiger partial charge in [-0.1, -0.05) is 6.92 Å². The number of halogens is 2. The SMILES string of the molecule is CCN(CCN)S(=O)(=O)c1cc(F)ccc1F. The number of nitrogens with two attached hydrogens (primary N) is 1. The van der Waals surface area contributed by atoms with E-state index in [1.807, 2.05) is 0 Å². The van der Waals surface area contributed by atoms with Crippen LogP contribution in [0.5, 0.6) is 0 Å². The standard InChI is InChI=1S/C10H14F2N2O2S/c1-2-14(6-5-13)17(15,16)10-7-8(11)3-4-9(10)12/h3-4,7H,2,5-6,13H2,1H3. The van der Waals surface area contributed by atoms with Gasteiger partial charge in [-0.3, -0.25) is 0 Å². The van der Waals surface area contributed by atoms with Crippen LogP contribution in [0.4, 0.5) is 8.78 Å². The van der Waals surface area contributed by atoms with E-state index in [1.165, 1.54) is 0 Å². The Hall–Kier alpha value is -1.05. The van der Waals surface area contributed by atoms with Crippen LogP contribution >= 0.6 is 0 Å². The van der Waals surface area contributed by atoms with Gasteiger partial charge in [-0.15, -0.1) is 0 Å². The van der Waals surface area contributed by atoms with Gasteiger partial charge >= 0.3 is 0 Å². The second kappa shape index (κ2) is 5.52. The Morgan fingerprint density at radius 1 is 1.35 bits per heavy atom. The highest BCUT2D eigenvalue weighted by atomic mass is 32.2. The molecule has 0 fully saturated rings. The molecule has 1 aromatic rings. The van der Waals surface area contributed by atoms with E-state index in [0.29, 0.717) is 6.07 Å². The molecule has 1 aromatic carbocycles. The molecule has 0 saturated carbocycles. The Labute approximate surface area is 99.1 Å². The van der Waals surface area contributed by atoms with E-state index in [2.05, 4.69) is 0 Å². The first-order chi connectivity index (χ1) is 7.93. The molecule has 4 nitrogen and oxygen atoms in total. The van der Waals surface area contributed by atoms with Crippen molar-refractivity contribution < 1.29 is 17.2 Å². The molecular weight excluding hydrogens is 250 g/mol. The minimum absolute atomic E-state index is 0.0643. The highest BCUT2D eigenvalue weighted by Crippen LogP contribution is 2.19. The number of hydrogen-bond donors (Lipinski definition) is 1. The summed E-state index contributed by atoms with van der Waals surface area (Å²) in [5, 5.41) is 0. The zero-order valence-electron chi connectivity index (χ0n) is 9.36. The summed E-state index contributed by atoms with van der Waals surface area (Å²) in [6.07, 6.45) is 0. The lowest BCUT2D eigenvalue weighted by Gasteiger charge is -2.19. The summed E-state index contributed by atoms with van der Waals surface area (Å²) in [6, 6.07) is 2.33. The maximum absolute atomic E-state index is 13.4. The molecule has 0 aliphatic rings. The van der Waals surface area contributed by atoms with Crippen molar-refractivity contribution in [2.24, 2.45) is 5.73 Å². The summed E-state index contributed by atoms with van der Waals surface area (Å²) >= 11 is 0. The van der Waals surface area contributed by atoms with Crippen molar-refractivity contribution in [3.8, 4) is 0 Å². The third-order valence-electron chi connectivity index (χ3n) is 2.24. The lowest BCUT2D eigenvalue weighted by molar-refractivity contribution is 0.429. The van der Waals surface area contributed by atoms with Gasteiger partial charge in [0.2, 0.25) is 10.0 Å². The summed E-state index contributed by atoms with van der Waals surface area (Å²) in [5.41, 5.74) is 5.27. The average molecular weight is 264 g/mol. The van der Waals surface area contributed by atoms with Crippen LogP contribution in [0.1, 0.15) is 6.92 Å². The molecule has 0 amide bonds. The van der Waals surface area contributed by atoms with E-state index in [1.54, 1.807) is 6.92 Å². The van der Waals surface area contributed by atoms with Crippen molar-refractivity contribution >= 4 is 10.0 Å². The second-order valence-corrected chi connectivity index (χ2v) is 5.27. The molecule has 0 aliphatic carbocycles. The van der Waals surface area contributed by atoms with Gasteiger partial charge in [0.05, 0.1) is 0 Å². The van der Waals surface area contributed by atoms with Gasteiger partial charge in [-0.05, 0) is 18.2 Å². The Bertz CT molecular complexity index is 491. The Morgan fingerprint density at radius 3 is 2.53 bits per heavy atom. The summed E-state index contributed by atoms with van der Waals surface area (Å²) in [4.78, 5) is -0.659. The van der Waals surface area contributed by atoms with Gasteiger partial charge in [-0.25, -0.2) is 17.2 Å². The van der Waals surface area contributed by atoms with Gasteiger partial charge < -0.3 is 5.73 Å². The number of benzene rings is 1. The van der Waals surface area contributed by atoms with E-state index in [4.69, 9.17) is 5.73 Å². The fourth-order valence-corrected chi connectivity index (χ4v) is 2.95. The average Bonchev–Trinajstić information content (AvgIpc) is 2.28. The molecule has 96 valence electrons. The predicted molar refractivity (Wildman–Crippen MR) is 59.8 cm³/mol. The van der Waals surface area contributed by atoms with E-state index in [9.17, 15) is 17.2 Å². The first-order valence-corrected chi connectivity index (χ1v) is 6.52. The van der Waals surface area contributed by atoms with Crippen LogP contribution in [0.15, 0.2) is 23.1 Å². The quantitative estimate of drug-likeness (QED) is 0.860. The molecule has 0 heterocycles. The van der Waals surface area contributed by atoms with Crippen LogP contribution < -0.4 is 5.73 Å². The zero-order chi connectivity index (χ0) is 13.1. The number of sulfonamides is 1. The number of likely N-dealkylation sites (N-methyl/N-ethyl adjacent to an activating group) is 1. The van der Waals surface area contributed by atoms with Crippen LogP contribution in [0.2, 0.25) is 0 Å². The molecule has 0 bridgehead atoms. The molecule has 0 aliphatic heterocycles. The summed E-state index contributed by atoms with van der Waals surface area (Å²) in [5.74, 6) is -1.77. The molecule has 0 spiro atoms. The van der Waals surface area contributed by atoms with Gasteiger partial charge in [0, 0.05) is 19.6 Å². The summed E-state index contributed by atoms with van der Waals surface area (Å²) < 4.78 is 51.3. The predicted octanol–water partition coefficient (Wildman–Crippen LogP) is 0.934. The third kappa shape index (κ3) is 2.99. The van der Waals surface area contributed by atoms with Crippen LogP contribution in [0, 0.1) is 11.6 Å². The van der Waals surface area contributed by atoms with Crippen LogP contribution in [-0.4, -0.2) is 32.4 Å². The van der Waals surface area contributed by atoms with Crippen molar-refractivity contribution in [1.82, 2.24) is 4.31 Å². The molecule has 0 unspecified atom stereocenters. The highest BCUT2D eigenvalue weighted by Gasteiger charge is 2.26. The van der Waals surface area contributed by atoms with Crippen molar-refractivity contribution in [1.29, 1.82) is 0 Å². The lowest BCUT2D eigenvalue weighted by Crippen LogP contribution is -2.35. The molecule has 0 radical (unpaired) electrons. The minimum atomic E-state index is -4.03. The third-order valence-corrected chi connectivity index (χ3v) is 4.23. The highest BCUT2D eigenvalue weighted by molar-refractivity contribution is 7.89. The van der Waals surface area contributed by atoms with Crippen molar-refractivity contribution in [3.05, 3.63) is 29.8 Å². The van der Waals surface area contributed by atoms with Gasteiger partial charge in [0.1, 0.15) is 16.5 Å². The number of hydrogen-bond acceptors (Lipinski definition) is 3. The fraction of sp³-hybridized carbons (Fsp3) is 0.400. The second-order valence-electron chi connectivity index (χ2n) is 3.36. The molecule has 2 N–H and O–H groups in total. The molecule has 0 aromatic heterocycles. The van der Waals surface area contributed by atoms with Crippen LogP contribution in [0.25, 0.3) is 0 Å². The Morgan fingerprint density at radius 2 is 2.00 bits per heavy atom. The van der Waals surface area contributed by atoms with Gasteiger partial charge in [-0.2, -0.15) is 4.31 Å². The van der Waals surface area contributed by atoms with E-state index in [0.717, 1.165) is 16.4 Å². The van der Waals surface area contributed by atoms with E-state index in [-0.39, 0.29) is 19.6 Å². The Kier molecular flexibility index (Phi) is 4.55.